The summed E-state index contributed by atoms with van der Waals surface area (Å²) in [6.07, 6.45) is 0.929. The quantitative estimate of drug-likeness (QED) is 0.703. The molecular formula is C13H20N2O2. The number of aliphatic carboxylic acids is 1. The third-order valence-electron chi connectivity index (χ3n) is 2.72. The second-order valence-electron chi connectivity index (χ2n) is 4.20. The summed E-state index contributed by atoms with van der Waals surface area (Å²) in [5, 5.41) is 11.9. The molecule has 4 N–H and O–H groups in total. The second-order valence-corrected chi connectivity index (χ2v) is 4.20. The zero-order chi connectivity index (χ0) is 12.8. The van der Waals surface area contributed by atoms with Crippen molar-refractivity contribution in [2.45, 2.75) is 32.7 Å². The highest BCUT2D eigenvalue weighted by molar-refractivity contribution is 5.67. The molecule has 0 spiro atoms. The molecule has 0 aliphatic heterocycles. The monoisotopic (exact) mass is 236 g/mol. The first-order chi connectivity index (χ1) is 8.04. The van der Waals surface area contributed by atoms with Crippen molar-refractivity contribution in [2.24, 2.45) is 5.73 Å². The van der Waals surface area contributed by atoms with Crippen LogP contribution in [-0.2, 0) is 11.2 Å². The Bertz CT molecular complexity index is 391. The molecule has 0 saturated heterocycles. The predicted octanol–water partition coefficient (Wildman–Crippen LogP) is 1.77. The lowest BCUT2D eigenvalue weighted by Crippen LogP contribution is -2.31. The first-order valence-corrected chi connectivity index (χ1v) is 5.84. The SMILES string of the molecule is CCc1cccc(C)c1NCC(N)CC(=O)O. The minimum absolute atomic E-state index is 0.0136. The largest absolute Gasteiger partial charge is 0.481 e. The minimum Gasteiger partial charge on any atom is -0.481 e. The maximum atomic E-state index is 10.5. The Labute approximate surface area is 102 Å². The van der Waals surface area contributed by atoms with Crippen LogP contribution < -0.4 is 11.1 Å². The number of hydrogen-bond acceptors (Lipinski definition) is 3. The van der Waals surface area contributed by atoms with Crippen LogP contribution in [0.3, 0.4) is 0 Å². The molecule has 1 atom stereocenters. The van der Waals surface area contributed by atoms with Gasteiger partial charge in [0, 0.05) is 18.3 Å². The standard InChI is InChI=1S/C13H20N2O2/c1-3-10-6-4-5-9(2)13(10)15-8-11(14)7-12(16)17/h4-6,11,15H,3,7-8,14H2,1-2H3,(H,16,17). The molecule has 0 fully saturated rings. The summed E-state index contributed by atoms with van der Waals surface area (Å²) in [5.41, 5.74) is 9.19. The van der Waals surface area contributed by atoms with Gasteiger partial charge < -0.3 is 16.2 Å². The average Bonchev–Trinajstić information content (AvgIpc) is 2.26. The van der Waals surface area contributed by atoms with Crippen molar-refractivity contribution in [1.82, 2.24) is 0 Å². The number of rotatable bonds is 6. The zero-order valence-corrected chi connectivity index (χ0v) is 10.4. The van der Waals surface area contributed by atoms with Crippen molar-refractivity contribution in [3.05, 3.63) is 29.3 Å². The number of carboxylic acids is 1. The Balaban J connectivity index is 2.65. The maximum Gasteiger partial charge on any atom is 0.304 e. The van der Waals surface area contributed by atoms with E-state index in [2.05, 4.69) is 18.3 Å². The fourth-order valence-corrected chi connectivity index (χ4v) is 1.81. The summed E-state index contributed by atoms with van der Waals surface area (Å²) >= 11 is 0. The van der Waals surface area contributed by atoms with Crippen LogP contribution in [0.1, 0.15) is 24.5 Å². The van der Waals surface area contributed by atoms with Crippen LogP contribution >= 0.6 is 0 Å². The van der Waals surface area contributed by atoms with Crippen LogP contribution in [-0.4, -0.2) is 23.7 Å². The van der Waals surface area contributed by atoms with Gasteiger partial charge in [0.1, 0.15) is 0 Å². The highest BCUT2D eigenvalue weighted by Crippen LogP contribution is 2.20. The van der Waals surface area contributed by atoms with E-state index in [1.165, 1.54) is 5.56 Å². The van der Waals surface area contributed by atoms with Crippen LogP contribution in [0.15, 0.2) is 18.2 Å². The number of nitrogens with one attached hydrogen (secondary N) is 1. The van der Waals surface area contributed by atoms with Crippen LogP contribution in [0.25, 0.3) is 0 Å². The number of carboxylic acid groups (broad SMARTS) is 1. The van der Waals surface area contributed by atoms with Crippen LogP contribution in [0.4, 0.5) is 5.69 Å². The number of hydrogen-bond donors (Lipinski definition) is 3. The van der Waals surface area contributed by atoms with E-state index < -0.39 is 5.97 Å². The molecular weight excluding hydrogens is 216 g/mol. The number of anilines is 1. The number of carbonyl (C=O) groups is 1. The van der Waals surface area contributed by atoms with Crippen molar-refractivity contribution in [3.63, 3.8) is 0 Å². The summed E-state index contributed by atoms with van der Waals surface area (Å²) in [6.45, 7) is 4.60. The second kappa shape index (κ2) is 6.25. The van der Waals surface area contributed by atoms with Crippen molar-refractivity contribution in [3.8, 4) is 0 Å². The molecule has 0 radical (unpaired) electrons. The van der Waals surface area contributed by atoms with E-state index in [4.69, 9.17) is 10.8 Å². The van der Waals surface area contributed by atoms with E-state index in [0.717, 1.165) is 17.7 Å². The van der Waals surface area contributed by atoms with Gasteiger partial charge in [0.25, 0.3) is 0 Å². The third kappa shape index (κ3) is 4.07. The van der Waals surface area contributed by atoms with Gasteiger partial charge >= 0.3 is 5.97 Å². The molecule has 0 aromatic heterocycles. The molecule has 0 bridgehead atoms. The molecule has 1 aromatic rings. The number of benzene rings is 1. The highest BCUT2D eigenvalue weighted by atomic mass is 16.4. The van der Waals surface area contributed by atoms with E-state index in [-0.39, 0.29) is 12.5 Å². The Hall–Kier alpha value is -1.55. The number of nitrogens with two attached hydrogens (primary N) is 1. The molecule has 4 nitrogen and oxygen atoms in total. The van der Waals surface area contributed by atoms with E-state index in [0.29, 0.717) is 6.54 Å². The van der Waals surface area contributed by atoms with Gasteiger partial charge in [0.05, 0.1) is 6.42 Å². The van der Waals surface area contributed by atoms with E-state index >= 15 is 0 Å². The molecule has 94 valence electrons. The zero-order valence-electron chi connectivity index (χ0n) is 10.4. The fraction of sp³-hybridized carbons (Fsp3) is 0.462. The number of para-hydroxylation sites is 1. The molecule has 0 saturated carbocycles. The van der Waals surface area contributed by atoms with Gasteiger partial charge in [-0.3, -0.25) is 4.79 Å². The van der Waals surface area contributed by atoms with Crippen LogP contribution in [0.5, 0.6) is 0 Å². The van der Waals surface area contributed by atoms with Crippen molar-refractivity contribution >= 4 is 11.7 Å². The summed E-state index contributed by atoms with van der Waals surface area (Å²) in [4.78, 5) is 10.5. The van der Waals surface area contributed by atoms with Crippen LogP contribution in [0, 0.1) is 6.92 Å². The van der Waals surface area contributed by atoms with Gasteiger partial charge in [-0.1, -0.05) is 25.1 Å². The van der Waals surface area contributed by atoms with Gasteiger partial charge in [0.15, 0.2) is 0 Å². The lowest BCUT2D eigenvalue weighted by Gasteiger charge is -2.16. The lowest BCUT2D eigenvalue weighted by molar-refractivity contribution is -0.137. The van der Waals surface area contributed by atoms with Crippen molar-refractivity contribution in [2.75, 3.05) is 11.9 Å². The van der Waals surface area contributed by atoms with Gasteiger partial charge in [-0.15, -0.1) is 0 Å². The number of aryl methyl sites for hydroxylation is 2. The third-order valence-corrected chi connectivity index (χ3v) is 2.72. The topological polar surface area (TPSA) is 75.3 Å². The molecule has 17 heavy (non-hydrogen) atoms. The van der Waals surface area contributed by atoms with Gasteiger partial charge in [-0.05, 0) is 24.5 Å². The molecule has 0 heterocycles. The van der Waals surface area contributed by atoms with Gasteiger partial charge in [-0.25, -0.2) is 0 Å². The highest BCUT2D eigenvalue weighted by Gasteiger charge is 2.09. The van der Waals surface area contributed by atoms with E-state index in [9.17, 15) is 4.79 Å². The summed E-state index contributed by atoms with van der Waals surface area (Å²) < 4.78 is 0. The van der Waals surface area contributed by atoms with Crippen molar-refractivity contribution < 1.29 is 9.90 Å². The Kier molecular flexibility index (Phi) is 4.97. The average molecular weight is 236 g/mol. The molecule has 1 rings (SSSR count). The maximum absolute atomic E-state index is 10.5. The summed E-state index contributed by atoms with van der Waals surface area (Å²) in [5.74, 6) is -0.861. The molecule has 4 heteroatoms. The first kappa shape index (κ1) is 13.5. The Morgan fingerprint density at radius 2 is 2.24 bits per heavy atom. The molecule has 0 aliphatic carbocycles. The molecule has 1 unspecified atom stereocenters. The smallest absolute Gasteiger partial charge is 0.304 e. The fourth-order valence-electron chi connectivity index (χ4n) is 1.81. The lowest BCUT2D eigenvalue weighted by atomic mass is 10.1. The summed E-state index contributed by atoms with van der Waals surface area (Å²) in [6, 6.07) is 5.76. The molecule has 1 aromatic carbocycles. The predicted molar refractivity (Wildman–Crippen MR) is 69.3 cm³/mol. The Morgan fingerprint density at radius 1 is 1.53 bits per heavy atom. The van der Waals surface area contributed by atoms with E-state index in [1.807, 2.05) is 19.1 Å². The van der Waals surface area contributed by atoms with Gasteiger partial charge in [-0.2, -0.15) is 0 Å². The van der Waals surface area contributed by atoms with E-state index in [1.54, 1.807) is 0 Å². The minimum atomic E-state index is -0.861. The molecule has 0 aliphatic rings. The molecule has 0 amide bonds. The van der Waals surface area contributed by atoms with Crippen molar-refractivity contribution in [1.29, 1.82) is 0 Å². The van der Waals surface area contributed by atoms with Gasteiger partial charge in [0.2, 0.25) is 0 Å². The van der Waals surface area contributed by atoms with Crippen LogP contribution in [0.2, 0.25) is 0 Å². The summed E-state index contributed by atoms with van der Waals surface area (Å²) in [7, 11) is 0. The Morgan fingerprint density at radius 3 is 2.82 bits per heavy atom. The normalized spacial score (nSPS) is 12.2. The first-order valence-electron chi connectivity index (χ1n) is 5.84.